The van der Waals surface area contributed by atoms with E-state index in [2.05, 4.69) is 4.72 Å². The van der Waals surface area contributed by atoms with E-state index in [0.717, 1.165) is 0 Å². The Morgan fingerprint density at radius 3 is 2.53 bits per heavy atom. The number of rotatable bonds is 6. The minimum atomic E-state index is -3.84. The Labute approximate surface area is 99.7 Å². The number of hydrogen-bond acceptors (Lipinski definition) is 5. The smallest absolute Gasteiger partial charge is 0.274 e. The molecule has 0 aliphatic heterocycles. The van der Waals surface area contributed by atoms with Crippen LogP contribution in [0.15, 0.2) is 21.6 Å². The first-order valence-electron chi connectivity index (χ1n) is 5.09. The molecule has 17 heavy (non-hydrogen) atoms. The van der Waals surface area contributed by atoms with E-state index in [0.29, 0.717) is 6.29 Å². The molecule has 0 saturated carbocycles. The SMILES string of the molecule is CC(C)C(CO)NS(=O)(=O)c1ccc(C=O)o1. The van der Waals surface area contributed by atoms with Gasteiger partial charge in [-0.05, 0) is 18.1 Å². The molecule has 0 amide bonds. The number of aldehydes is 1. The third-order valence-corrected chi connectivity index (χ3v) is 3.65. The standard InChI is InChI=1S/C10H15NO5S/c1-7(2)9(6-13)11-17(14,15)10-4-3-8(5-12)16-10/h3-5,7,9,11,13H,6H2,1-2H3. The van der Waals surface area contributed by atoms with E-state index in [-0.39, 0.29) is 23.4 Å². The fourth-order valence-electron chi connectivity index (χ4n) is 1.18. The first-order chi connectivity index (χ1) is 7.90. The molecule has 1 aromatic heterocycles. The summed E-state index contributed by atoms with van der Waals surface area (Å²) in [5, 5.41) is 8.71. The Balaban J connectivity index is 2.91. The van der Waals surface area contributed by atoms with Gasteiger partial charge in [0.15, 0.2) is 12.0 Å². The number of furan rings is 1. The van der Waals surface area contributed by atoms with E-state index >= 15 is 0 Å². The molecule has 1 atom stereocenters. The Morgan fingerprint density at radius 1 is 1.47 bits per heavy atom. The number of aliphatic hydroxyl groups is 1. The Morgan fingerprint density at radius 2 is 2.12 bits per heavy atom. The van der Waals surface area contributed by atoms with Crippen molar-refractivity contribution in [2.45, 2.75) is 25.0 Å². The Hall–Kier alpha value is -1.18. The van der Waals surface area contributed by atoms with Gasteiger partial charge in [0.2, 0.25) is 5.09 Å². The summed E-state index contributed by atoms with van der Waals surface area (Å²) in [6.45, 7) is 3.25. The second-order valence-corrected chi connectivity index (χ2v) is 5.57. The topological polar surface area (TPSA) is 96.6 Å². The molecule has 7 heteroatoms. The number of nitrogens with one attached hydrogen (secondary N) is 1. The zero-order chi connectivity index (χ0) is 13.1. The van der Waals surface area contributed by atoms with Gasteiger partial charge in [0.05, 0.1) is 6.61 Å². The maximum absolute atomic E-state index is 11.8. The lowest BCUT2D eigenvalue weighted by Crippen LogP contribution is -2.40. The molecule has 0 spiro atoms. The Kier molecular flexibility index (Phi) is 4.44. The van der Waals surface area contributed by atoms with Crippen LogP contribution in [0, 0.1) is 5.92 Å². The highest BCUT2D eigenvalue weighted by Gasteiger charge is 2.24. The van der Waals surface area contributed by atoms with Crippen molar-refractivity contribution in [1.29, 1.82) is 0 Å². The summed E-state index contributed by atoms with van der Waals surface area (Å²) in [6, 6.07) is 1.87. The highest BCUT2D eigenvalue weighted by Crippen LogP contribution is 2.14. The highest BCUT2D eigenvalue weighted by atomic mass is 32.2. The molecule has 0 aliphatic rings. The van der Waals surface area contributed by atoms with Gasteiger partial charge < -0.3 is 9.52 Å². The number of hydrogen-bond donors (Lipinski definition) is 2. The second-order valence-electron chi connectivity index (χ2n) is 3.93. The minimum absolute atomic E-state index is 0.0597. The van der Waals surface area contributed by atoms with Gasteiger partial charge in [0.25, 0.3) is 10.0 Å². The van der Waals surface area contributed by atoms with Gasteiger partial charge in [-0.25, -0.2) is 13.1 Å². The third-order valence-electron chi connectivity index (χ3n) is 2.29. The van der Waals surface area contributed by atoms with Gasteiger partial charge in [0.1, 0.15) is 0 Å². The van der Waals surface area contributed by atoms with E-state index in [1.54, 1.807) is 13.8 Å². The summed E-state index contributed by atoms with van der Waals surface area (Å²) < 4.78 is 30.7. The maximum atomic E-state index is 11.8. The molecular weight excluding hydrogens is 246 g/mol. The van der Waals surface area contributed by atoms with E-state index in [1.165, 1.54) is 12.1 Å². The number of carbonyl (C=O) groups excluding carboxylic acids is 1. The first kappa shape index (κ1) is 13.9. The van der Waals surface area contributed by atoms with Crippen LogP contribution in [-0.2, 0) is 10.0 Å². The minimum Gasteiger partial charge on any atom is -0.440 e. The first-order valence-corrected chi connectivity index (χ1v) is 6.57. The summed E-state index contributed by atoms with van der Waals surface area (Å²) in [5.41, 5.74) is 0. The molecule has 0 bridgehead atoms. The average molecular weight is 261 g/mol. The van der Waals surface area contributed by atoms with E-state index in [4.69, 9.17) is 9.52 Å². The number of sulfonamides is 1. The summed E-state index contributed by atoms with van der Waals surface area (Å²) in [7, 11) is -3.84. The van der Waals surface area contributed by atoms with Crippen molar-refractivity contribution in [2.24, 2.45) is 5.92 Å². The average Bonchev–Trinajstić information content (AvgIpc) is 2.74. The van der Waals surface area contributed by atoms with Crippen molar-refractivity contribution < 1.29 is 22.7 Å². The molecule has 6 nitrogen and oxygen atoms in total. The number of carbonyl (C=O) groups is 1. The molecule has 1 aromatic rings. The molecule has 0 saturated heterocycles. The lowest BCUT2D eigenvalue weighted by atomic mass is 10.1. The monoisotopic (exact) mass is 261 g/mol. The third kappa shape index (κ3) is 3.39. The molecule has 1 rings (SSSR count). The van der Waals surface area contributed by atoms with E-state index in [1.807, 2.05) is 0 Å². The summed E-state index contributed by atoms with van der Waals surface area (Å²) in [5.74, 6) is -0.120. The van der Waals surface area contributed by atoms with Gasteiger partial charge in [-0.1, -0.05) is 13.8 Å². The van der Waals surface area contributed by atoms with Crippen LogP contribution in [0.4, 0.5) is 0 Å². The normalized spacial score (nSPS) is 13.9. The molecule has 0 aromatic carbocycles. The summed E-state index contributed by atoms with van der Waals surface area (Å²) in [6.07, 6.45) is 0.422. The van der Waals surface area contributed by atoms with Gasteiger partial charge in [-0.15, -0.1) is 0 Å². The highest BCUT2D eigenvalue weighted by molar-refractivity contribution is 7.89. The van der Waals surface area contributed by atoms with Gasteiger partial charge in [-0.2, -0.15) is 0 Å². The van der Waals surface area contributed by atoms with Crippen LogP contribution in [0.1, 0.15) is 24.4 Å². The molecule has 1 unspecified atom stereocenters. The van der Waals surface area contributed by atoms with Gasteiger partial charge >= 0.3 is 0 Å². The van der Waals surface area contributed by atoms with Crippen molar-refractivity contribution >= 4 is 16.3 Å². The van der Waals surface area contributed by atoms with Crippen LogP contribution in [0.5, 0.6) is 0 Å². The quantitative estimate of drug-likeness (QED) is 0.722. The molecular formula is C10H15NO5S. The maximum Gasteiger partial charge on any atom is 0.274 e. The Bertz CT molecular complexity index is 477. The van der Waals surface area contributed by atoms with Crippen molar-refractivity contribution in [3.05, 3.63) is 17.9 Å². The van der Waals surface area contributed by atoms with Gasteiger partial charge in [0, 0.05) is 6.04 Å². The molecule has 1 heterocycles. The lowest BCUT2D eigenvalue weighted by molar-refractivity contribution is 0.109. The largest absolute Gasteiger partial charge is 0.440 e. The van der Waals surface area contributed by atoms with E-state index in [9.17, 15) is 13.2 Å². The second kappa shape index (κ2) is 5.44. The van der Waals surface area contributed by atoms with Crippen molar-refractivity contribution in [1.82, 2.24) is 4.72 Å². The van der Waals surface area contributed by atoms with Crippen LogP contribution >= 0.6 is 0 Å². The van der Waals surface area contributed by atoms with Gasteiger partial charge in [-0.3, -0.25) is 4.79 Å². The lowest BCUT2D eigenvalue weighted by Gasteiger charge is -2.18. The summed E-state index contributed by atoms with van der Waals surface area (Å²) >= 11 is 0. The molecule has 0 fully saturated rings. The fraction of sp³-hybridized carbons (Fsp3) is 0.500. The molecule has 0 radical (unpaired) electrons. The van der Waals surface area contributed by atoms with Crippen LogP contribution in [-0.4, -0.2) is 32.5 Å². The van der Waals surface area contributed by atoms with Crippen LogP contribution in [0.3, 0.4) is 0 Å². The van der Waals surface area contributed by atoms with Crippen LogP contribution < -0.4 is 4.72 Å². The van der Waals surface area contributed by atoms with Crippen molar-refractivity contribution in [3.8, 4) is 0 Å². The molecule has 0 aliphatic carbocycles. The van der Waals surface area contributed by atoms with E-state index < -0.39 is 16.1 Å². The molecule has 2 N–H and O–H groups in total. The number of aliphatic hydroxyl groups excluding tert-OH is 1. The zero-order valence-electron chi connectivity index (χ0n) is 9.58. The predicted octanol–water partition coefficient (Wildman–Crippen LogP) is 0.387. The molecule has 96 valence electrons. The summed E-state index contributed by atoms with van der Waals surface area (Å²) in [4.78, 5) is 10.4. The van der Waals surface area contributed by atoms with Crippen molar-refractivity contribution in [3.63, 3.8) is 0 Å². The zero-order valence-corrected chi connectivity index (χ0v) is 10.4. The predicted molar refractivity (Wildman–Crippen MR) is 60.1 cm³/mol. The fourth-order valence-corrected chi connectivity index (χ4v) is 2.50. The van der Waals surface area contributed by atoms with Crippen LogP contribution in [0.25, 0.3) is 0 Å². The van der Waals surface area contributed by atoms with Crippen LogP contribution in [0.2, 0.25) is 0 Å². The van der Waals surface area contributed by atoms with Crippen molar-refractivity contribution in [2.75, 3.05) is 6.61 Å².